The van der Waals surface area contributed by atoms with Crippen LogP contribution in [-0.2, 0) is 11.3 Å². The van der Waals surface area contributed by atoms with E-state index in [2.05, 4.69) is 10.1 Å². The first-order valence-electron chi connectivity index (χ1n) is 12.1. The predicted molar refractivity (Wildman–Crippen MR) is 135 cm³/mol. The maximum atomic E-state index is 14.7. The van der Waals surface area contributed by atoms with Crippen molar-refractivity contribution >= 4 is 5.91 Å². The molecule has 0 aliphatic carbocycles. The Morgan fingerprint density at radius 1 is 1.19 bits per heavy atom. The fraction of sp³-hybridized carbons (Fsp3) is 0.444. The summed E-state index contributed by atoms with van der Waals surface area (Å²) in [6.07, 6.45) is -0.719. The highest BCUT2D eigenvalue weighted by Crippen LogP contribution is 2.39. The maximum Gasteiger partial charge on any atom is 0.251 e. The molecule has 9 heteroatoms. The first kappa shape index (κ1) is 27.4. The lowest BCUT2D eigenvalue weighted by Crippen LogP contribution is -2.47. The summed E-state index contributed by atoms with van der Waals surface area (Å²) < 4.78 is 30.4. The number of nitrogens with two attached hydrogens (primary N) is 1. The van der Waals surface area contributed by atoms with Gasteiger partial charge in [0.25, 0.3) is 5.91 Å². The third-order valence-corrected chi connectivity index (χ3v) is 5.90. The number of carbonyl (C=O) groups excluding carboxylic acids is 1. The van der Waals surface area contributed by atoms with Crippen LogP contribution >= 0.6 is 0 Å². The van der Waals surface area contributed by atoms with E-state index in [4.69, 9.17) is 5.73 Å². The molecule has 0 unspecified atom stereocenters. The zero-order valence-electron chi connectivity index (χ0n) is 21.5. The molecule has 1 aromatic heterocycles. The minimum absolute atomic E-state index is 0.0205. The minimum Gasteiger partial charge on any atom is -0.384 e. The molecule has 194 valence electrons. The van der Waals surface area contributed by atoms with Crippen molar-refractivity contribution in [2.75, 3.05) is 13.1 Å². The maximum absolute atomic E-state index is 14.7. The Balaban J connectivity index is 2.24. The first-order valence-corrected chi connectivity index (χ1v) is 12.1. The summed E-state index contributed by atoms with van der Waals surface area (Å²) in [6.45, 7) is 10.2. The van der Waals surface area contributed by atoms with E-state index in [1.54, 1.807) is 9.58 Å². The molecule has 1 amide bonds. The molecule has 0 saturated carbocycles. The number of aliphatic hydroxyl groups is 1. The van der Waals surface area contributed by atoms with Crippen molar-refractivity contribution in [3.05, 3.63) is 71.1 Å². The quantitative estimate of drug-likeness (QED) is 0.459. The van der Waals surface area contributed by atoms with Crippen molar-refractivity contribution in [2.45, 2.75) is 59.7 Å². The molecule has 1 heterocycles. The van der Waals surface area contributed by atoms with E-state index in [0.717, 1.165) is 29.3 Å². The zero-order valence-corrected chi connectivity index (χ0v) is 21.5. The predicted octanol–water partition coefficient (Wildman–Crippen LogP) is 4.23. The molecule has 36 heavy (non-hydrogen) atoms. The monoisotopic (exact) mass is 499 g/mol. The minimum atomic E-state index is -1.24. The normalized spacial score (nSPS) is 13.5. The molecule has 0 fully saturated rings. The number of aromatic nitrogens is 3. The van der Waals surface area contributed by atoms with Crippen molar-refractivity contribution in [2.24, 2.45) is 11.1 Å². The molecular weight excluding hydrogens is 464 g/mol. The molecule has 0 aliphatic rings. The van der Waals surface area contributed by atoms with Gasteiger partial charge in [-0.05, 0) is 56.0 Å². The van der Waals surface area contributed by atoms with Crippen LogP contribution in [0.2, 0.25) is 0 Å². The number of aliphatic hydroxyl groups excluding tert-OH is 1. The Kier molecular flexibility index (Phi) is 8.58. The van der Waals surface area contributed by atoms with Gasteiger partial charge in [-0.1, -0.05) is 50.6 Å². The van der Waals surface area contributed by atoms with Gasteiger partial charge in [0.1, 0.15) is 17.7 Å². The van der Waals surface area contributed by atoms with Gasteiger partial charge in [-0.25, -0.2) is 18.4 Å². The SMILES string of the molecule is Cc1cccc(Cn2nc(-c3cc(F)ccc3F)nc2[C@H](N(CCCN)C(=O)[C@H](C)O)C(C)(C)C)c1. The number of benzene rings is 2. The van der Waals surface area contributed by atoms with Crippen LogP contribution in [0.3, 0.4) is 0 Å². The van der Waals surface area contributed by atoms with Gasteiger partial charge < -0.3 is 15.7 Å². The van der Waals surface area contributed by atoms with Crippen LogP contribution in [0, 0.1) is 24.0 Å². The number of hydrogen-bond donors (Lipinski definition) is 2. The fourth-order valence-electron chi connectivity index (χ4n) is 4.30. The lowest BCUT2D eigenvalue weighted by molar-refractivity contribution is -0.145. The van der Waals surface area contributed by atoms with E-state index >= 15 is 0 Å². The van der Waals surface area contributed by atoms with Crippen molar-refractivity contribution in [3.63, 3.8) is 0 Å². The van der Waals surface area contributed by atoms with Gasteiger partial charge in [-0.2, -0.15) is 5.10 Å². The van der Waals surface area contributed by atoms with Crippen LogP contribution in [0.1, 0.15) is 57.1 Å². The first-order chi connectivity index (χ1) is 16.9. The Morgan fingerprint density at radius 2 is 1.92 bits per heavy atom. The molecule has 2 aromatic carbocycles. The number of aryl methyl sites for hydroxylation is 1. The molecule has 7 nitrogen and oxygen atoms in total. The molecule has 2 atom stereocenters. The van der Waals surface area contributed by atoms with Crippen LogP contribution in [0.25, 0.3) is 11.4 Å². The summed E-state index contributed by atoms with van der Waals surface area (Å²) >= 11 is 0. The van der Waals surface area contributed by atoms with E-state index in [1.165, 1.54) is 6.92 Å². The molecule has 0 spiro atoms. The number of amides is 1. The van der Waals surface area contributed by atoms with Gasteiger partial charge in [0.2, 0.25) is 0 Å². The van der Waals surface area contributed by atoms with E-state index in [9.17, 15) is 18.7 Å². The third kappa shape index (κ3) is 6.33. The second kappa shape index (κ2) is 11.3. The number of carbonyl (C=O) groups is 1. The van der Waals surface area contributed by atoms with Crippen molar-refractivity contribution in [3.8, 4) is 11.4 Å². The molecule has 3 N–H and O–H groups in total. The van der Waals surface area contributed by atoms with Gasteiger partial charge in [-0.3, -0.25) is 4.79 Å². The van der Waals surface area contributed by atoms with Crippen LogP contribution in [-0.4, -0.2) is 49.9 Å². The molecule has 0 aliphatic heterocycles. The van der Waals surface area contributed by atoms with Crippen LogP contribution < -0.4 is 5.73 Å². The number of halogens is 2. The summed E-state index contributed by atoms with van der Waals surface area (Å²) in [4.78, 5) is 19.4. The smallest absolute Gasteiger partial charge is 0.251 e. The summed E-state index contributed by atoms with van der Waals surface area (Å²) in [5.41, 5.74) is 7.13. The number of nitrogens with zero attached hydrogens (tertiary/aromatic N) is 4. The molecule has 0 saturated heterocycles. The summed E-state index contributed by atoms with van der Waals surface area (Å²) in [5.74, 6) is -1.29. The third-order valence-electron chi connectivity index (χ3n) is 5.90. The molecule has 3 aromatic rings. The average Bonchev–Trinajstić information content (AvgIpc) is 3.19. The van der Waals surface area contributed by atoms with E-state index in [0.29, 0.717) is 31.9 Å². The second-order valence-corrected chi connectivity index (χ2v) is 10.2. The van der Waals surface area contributed by atoms with E-state index in [1.807, 2.05) is 52.0 Å². The highest BCUT2D eigenvalue weighted by atomic mass is 19.1. The average molecular weight is 500 g/mol. The number of hydrogen-bond acceptors (Lipinski definition) is 5. The van der Waals surface area contributed by atoms with Gasteiger partial charge in [0, 0.05) is 6.54 Å². The summed E-state index contributed by atoms with van der Waals surface area (Å²) in [6, 6.07) is 10.4. The van der Waals surface area contributed by atoms with Crippen molar-refractivity contribution < 1.29 is 18.7 Å². The van der Waals surface area contributed by atoms with Crippen LogP contribution in [0.15, 0.2) is 42.5 Å². The largest absolute Gasteiger partial charge is 0.384 e. The Labute approximate surface area is 211 Å². The topological polar surface area (TPSA) is 97.3 Å². The molecule has 0 bridgehead atoms. The Morgan fingerprint density at radius 3 is 2.53 bits per heavy atom. The van der Waals surface area contributed by atoms with Crippen molar-refractivity contribution in [1.82, 2.24) is 19.7 Å². The lowest BCUT2D eigenvalue weighted by atomic mass is 9.84. The van der Waals surface area contributed by atoms with Gasteiger partial charge in [0.15, 0.2) is 11.6 Å². The van der Waals surface area contributed by atoms with Crippen LogP contribution in [0.5, 0.6) is 0 Å². The van der Waals surface area contributed by atoms with Gasteiger partial charge in [0.05, 0.1) is 18.2 Å². The number of rotatable bonds is 9. The fourth-order valence-corrected chi connectivity index (χ4v) is 4.30. The van der Waals surface area contributed by atoms with Crippen LogP contribution in [0.4, 0.5) is 8.78 Å². The second-order valence-electron chi connectivity index (χ2n) is 10.2. The van der Waals surface area contributed by atoms with E-state index < -0.39 is 35.1 Å². The zero-order chi connectivity index (χ0) is 26.6. The summed E-state index contributed by atoms with van der Waals surface area (Å²) in [5, 5.41) is 14.8. The Bertz CT molecular complexity index is 1200. The molecular formula is C27H35F2N5O2. The van der Waals surface area contributed by atoms with Crippen molar-refractivity contribution in [1.29, 1.82) is 0 Å². The van der Waals surface area contributed by atoms with E-state index in [-0.39, 0.29) is 11.4 Å². The Hall–Kier alpha value is -3.17. The standard InChI is InChI=1S/C27H35F2N5O2/c1-17-8-6-9-19(14-17)16-34-25(31-24(32-34)21-15-20(28)10-11-22(21)29)23(27(3,4)5)33(13-7-12-30)26(36)18(2)35/h6,8-11,14-15,18,23,35H,7,12-13,16,30H2,1-5H3/t18-,23-/m0/s1. The summed E-state index contributed by atoms with van der Waals surface area (Å²) in [7, 11) is 0. The molecule has 3 rings (SSSR count). The highest BCUT2D eigenvalue weighted by Gasteiger charge is 2.39. The highest BCUT2D eigenvalue weighted by molar-refractivity contribution is 5.80. The van der Waals surface area contributed by atoms with Gasteiger partial charge >= 0.3 is 0 Å². The molecule has 0 radical (unpaired) electrons. The van der Waals surface area contributed by atoms with Gasteiger partial charge in [-0.15, -0.1) is 0 Å². The lowest BCUT2D eigenvalue weighted by Gasteiger charge is -2.40.